The lowest BCUT2D eigenvalue weighted by atomic mass is 9.98. The average Bonchev–Trinajstić information content (AvgIpc) is 2.47. The van der Waals surface area contributed by atoms with E-state index in [9.17, 15) is 18.3 Å². The summed E-state index contributed by atoms with van der Waals surface area (Å²) in [7, 11) is 0. The Labute approximate surface area is 122 Å². The van der Waals surface area contributed by atoms with Gasteiger partial charge in [0.05, 0.1) is 11.7 Å². The Balaban J connectivity index is 2.14. The number of aliphatic hydroxyl groups is 1. The Bertz CT molecular complexity index is 588. The predicted octanol–water partition coefficient (Wildman–Crippen LogP) is 4.54. The molecule has 2 rings (SSSR count). The van der Waals surface area contributed by atoms with Crippen molar-refractivity contribution in [1.82, 2.24) is 0 Å². The summed E-state index contributed by atoms with van der Waals surface area (Å²) in [6.45, 7) is 2.05. The molecule has 1 unspecified atom stereocenters. The van der Waals surface area contributed by atoms with Gasteiger partial charge in [-0.15, -0.1) is 0 Å². The highest BCUT2D eigenvalue weighted by molar-refractivity contribution is 5.29. The molecule has 0 fully saturated rings. The minimum absolute atomic E-state index is 0.282. The normalized spacial score (nSPS) is 13.2. The molecule has 0 saturated carbocycles. The fourth-order valence-electron chi connectivity index (χ4n) is 2.17. The number of hydrogen-bond donors (Lipinski definition) is 1. The molecule has 0 aromatic heterocycles. The second-order valence-corrected chi connectivity index (χ2v) is 5.01. The summed E-state index contributed by atoms with van der Waals surface area (Å²) in [4.78, 5) is 0. The molecule has 0 bridgehead atoms. The average molecular weight is 294 g/mol. The van der Waals surface area contributed by atoms with E-state index in [-0.39, 0.29) is 5.56 Å². The molecule has 0 aliphatic heterocycles. The second kappa shape index (κ2) is 6.31. The number of aryl methyl sites for hydroxylation is 1. The third-order valence-electron chi connectivity index (χ3n) is 3.46. The van der Waals surface area contributed by atoms with E-state index in [0.29, 0.717) is 6.42 Å². The lowest BCUT2D eigenvalue weighted by Crippen LogP contribution is -2.08. The predicted molar refractivity (Wildman–Crippen MR) is 75.9 cm³/mol. The molecule has 112 valence electrons. The fourth-order valence-corrected chi connectivity index (χ4v) is 2.17. The van der Waals surface area contributed by atoms with E-state index in [4.69, 9.17) is 0 Å². The van der Waals surface area contributed by atoms with Crippen LogP contribution < -0.4 is 0 Å². The van der Waals surface area contributed by atoms with Crippen LogP contribution in [0.15, 0.2) is 48.5 Å². The van der Waals surface area contributed by atoms with Crippen molar-refractivity contribution in [2.24, 2.45) is 0 Å². The fraction of sp³-hybridized carbons (Fsp3) is 0.294. The van der Waals surface area contributed by atoms with Gasteiger partial charge in [0, 0.05) is 6.42 Å². The molecule has 4 heteroatoms. The summed E-state index contributed by atoms with van der Waals surface area (Å²) in [6.07, 6.45) is -4.11. The van der Waals surface area contributed by atoms with Crippen molar-refractivity contribution in [2.75, 3.05) is 0 Å². The third kappa shape index (κ3) is 4.08. The maximum absolute atomic E-state index is 12.7. The molecular formula is C17H17F3O. The number of rotatable bonds is 4. The van der Waals surface area contributed by atoms with E-state index in [0.717, 1.165) is 24.1 Å². The number of alkyl halides is 3. The molecule has 2 aromatic carbocycles. The number of aliphatic hydroxyl groups excluding tert-OH is 1. The highest BCUT2D eigenvalue weighted by atomic mass is 19.4. The van der Waals surface area contributed by atoms with Gasteiger partial charge in [0.15, 0.2) is 0 Å². The van der Waals surface area contributed by atoms with Gasteiger partial charge in [0.25, 0.3) is 0 Å². The molecule has 0 radical (unpaired) electrons. The summed E-state index contributed by atoms with van der Waals surface area (Å²) in [5.41, 5.74) is 1.63. The van der Waals surface area contributed by atoms with Gasteiger partial charge >= 0.3 is 6.18 Å². The van der Waals surface area contributed by atoms with Crippen LogP contribution in [0.1, 0.15) is 35.3 Å². The molecule has 0 heterocycles. The van der Waals surface area contributed by atoms with Crippen LogP contribution in [0.5, 0.6) is 0 Å². The van der Waals surface area contributed by atoms with Crippen molar-refractivity contribution in [3.05, 3.63) is 70.8 Å². The van der Waals surface area contributed by atoms with Gasteiger partial charge in [-0.1, -0.05) is 43.3 Å². The van der Waals surface area contributed by atoms with Crippen LogP contribution in [0, 0.1) is 0 Å². The van der Waals surface area contributed by atoms with Gasteiger partial charge in [0.1, 0.15) is 0 Å². The van der Waals surface area contributed by atoms with Crippen molar-refractivity contribution in [3.8, 4) is 0 Å². The van der Waals surface area contributed by atoms with Gasteiger partial charge in [0.2, 0.25) is 0 Å². The van der Waals surface area contributed by atoms with Crippen LogP contribution in [0.25, 0.3) is 0 Å². The smallest absolute Gasteiger partial charge is 0.388 e. The van der Waals surface area contributed by atoms with E-state index in [1.165, 1.54) is 17.7 Å². The lowest BCUT2D eigenvalue weighted by Gasteiger charge is -2.14. The van der Waals surface area contributed by atoms with Crippen molar-refractivity contribution in [3.63, 3.8) is 0 Å². The number of benzene rings is 2. The van der Waals surface area contributed by atoms with Crippen LogP contribution in [0.3, 0.4) is 0 Å². The van der Waals surface area contributed by atoms with Gasteiger partial charge < -0.3 is 5.11 Å². The van der Waals surface area contributed by atoms with E-state index in [1.54, 1.807) is 0 Å². The van der Waals surface area contributed by atoms with Crippen LogP contribution in [0.4, 0.5) is 13.2 Å². The molecule has 0 saturated heterocycles. The molecule has 1 atom stereocenters. The number of halogens is 3. The molecule has 0 aliphatic rings. The Morgan fingerprint density at radius 1 is 1.00 bits per heavy atom. The SMILES string of the molecule is CCc1ccc(CC(O)c2cccc(C(F)(F)F)c2)cc1. The molecule has 1 N–H and O–H groups in total. The first-order valence-electron chi connectivity index (χ1n) is 6.83. The summed E-state index contributed by atoms with van der Waals surface area (Å²) in [5.74, 6) is 0. The molecular weight excluding hydrogens is 277 g/mol. The quantitative estimate of drug-likeness (QED) is 0.877. The lowest BCUT2D eigenvalue weighted by molar-refractivity contribution is -0.137. The highest BCUT2D eigenvalue weighted by Crippen LogP contribution is 2.31. The maximum Gasteiger partial charge on any atom is 0.416 e. The standard InChI is InChI=1S/C17H17F3O/c1-2-12-6-8-13(9-7-12)10-16(21)14-4-3-5-15(11-14)17(18,19)20/h3-9,11,16,21H,2,10H2,1H3. The van der Waals surface area contributed by atoms with Gasteiger partial charge in [-0.25, -0.2) is 0 Å². The highest BCUT2D eigenvalue weighted by Gasteiger charge is 2.30. The molecule has 0 amide bonds. The van der Waals surface area contributed by atoms with E-state index >= 15 is 0 Å². The van der Waals surface area contributed by atoms with Crippen LogP contribution in [-0.2, 0) is 19.0 Å². The van der Waals surface area contributed by atoms with E-state index < -0.39 is 17.8 Å². The largest absolute Gasteiger partial charge is 0.416 e. The molecule has 2 aromatic rings. The topological polar surface area (TPSA) is 20.2 Å². The van der Waals surface area contributed by atoms with Crippen LogP contribution in [0.2, 0.25) is 0 Å². The van der Waals surface area contributed by atoms with Crippen LogP contribution in [-0.4, -0.2) is 5.11 Å². The second-order valence-electron chi connectivity index (χ2n) is 5.01. The molecule has 1 nitrogen and oxygen atoms in total. The maximum atomic E-state index is 12.7. The Kier molecular flexibility index (Phi) is 4.68. The van der Waals surface area contributed by atoms with Crippen molar-refractivity contribution in [1.29, 1.82) is 0 Å². The summed E-state index contributed by atoms with van der Waals surface area (Å²) >= 11 is 0. The number of hydrogen-bond acceptors (Lipinski definition) is 1. The molecule has 21 heavy (non-hydrogen) atoms. The first kappa shape index (κ1) is 15.6. The third-order valence-corrected chi connectivity index (χ3v) is 3.46. The summed E-state index contributed by atoms with van der Waals surface area (Å²) < 4.78 is 38.0. The summed E-state index contributed by atoms with van der Waals surface area (Å²) in [6, 6.07) is 12.6. The zero-order valence-electron chi connectivity index (χ0n) is 11.7. The van der Waals surface area contributed by atoms with Gasteiger partial charge in [-0.05, 0) is 35.2 Å². The monoisotopic (exact) mass is 294 g/mol. The summed E-state index contributed by atoms with van der Waals surface area (Å²) in [5, 5.41) is 10.1. The molecule has 0 spiro atoms. The van der Waals surface area contributed by atoms with Gasteiger partial charge in [-0.2, -0.15) is 13.2 Å². The van der Waals surface area contributed by atoms with E-state index in [1.807, 2.05) is 31.2 Å². The first-order valence-corrected chi connectivity index (χ1v) is 6.83. The Morgan fingerprint density at radius 3 is 2.19 bits per heavy atom. The Hall–Kier alpha value is -1.81. The first-order chi connectivity index (χ1) is 9.90. The minimum atomic E-state index is -4.39. The van der Waals surface area contributed by atoms with Crippen molar-refractivity contribution < 1.29 is 18.3 Å². The minimum Gasteiger partial charge on any atom is -0.388 e. The van der Waals surface area contributed by atoms with Crippen molar-refractivity contribution in [2.45, 2.75) is 32.0 Å². The Morgan fingerprint density at radius 2 is 1.62 bits per heavy atom. The van der Waals surface area contributed by atoms with E-state index in [2.05, 4.69) is 0 Å². The van der Waals surface area contributed by atoms with Crippen LogP contribution >= 0.6 is 0 Å². The zero-order chi connectivity index (χ0) is 15.5. The van der Waals surface area contributed by atoms with Gasteiger partial charge in [-0.3, -0.25) is 0 Å². The zero-order valence-corrected chi connectivity index (χ0v) is 11.7. The molecule has 0 aliphatic carbocycles. The van der Waals surface area contributed by atoms with Crippen molar-refractivity contribution >= 4 is 0 Å².